The molecule has 18 heavy (non-hydrogen) atoms. The second kappa shape index (κ2) is 5.16. The molecule has 0 spiro atoms. The number of rotatable bonds is 2. The lowest BCUT2D eigenvalue weighted by molar-refractivity contribution is 0.358. The minimum absolute atomic E-state index is 0.159. The van der Waals surface area contributed by atoms with Crippen LogP contribution in [0.25, 0.3) is 0 Å². The maximum atomic E-state index is 6.13. The Morgan fingerprint density at radius 3 is 2.00 bits per heavy atom. The van der Waals surface area contributed by atoms with Crippen LogP contribution in [0.15, 0.2) is 54.6 Å². The van der Waals surface area contributed by atoms with Crippen molar-refractivity contribution in [3.63, 3.8) is 0 Å². The highest BCUT2D eigenvalue weighted by Crippen LogP contribution is 2.40. The molecule has 0 bridgehead atoms. The highest BCUT2D eigenvalue weighted by molar-refractivity contribution is 6.30. The van der Waals surface area contributed by atoms with Gasteiger partial charge in [-0.15, -0.1) is 0 Å². The van der Waals surface area contributed by atoms with Crippen LogP contribution < -0.4 is 0 Å². The SMILES string of the molecule is CC(C)(C)C(c1ccccc1)c1cccc(Cl)c1. The van der Waals surface area contributed by atoms with Gasteiger partial charge in [0.05, 0.1) is 0 Å². The minimum Gasteiger partial charge on any atom is -0.0843 e. The van der Waals surface area contributed by atoms with Gasteiger partial charge in [-0.3, -0.25) is 0 Å². The van der Waals surface area contributed by atoms with Gasteiger partial charge in [-0.05, 0) is 28.7 Å². The fraction of sp³-hybridized carbons (Fsp3) is 0.294. The van der Waals surface area contributed by atoms with Crippen LogP contribution >= 0.6 is 11.6 Å². The lowest BCUT2D eigenvalue weighted by Crippen LogP contribution is -2.19. The summed E-state index contributed by atoms with van der Waals surface area (Å²) in [6.07, 6.45) is 0. The summed E-state index contributed by atoms with van der Waals surface area (Å²) in [5.74, 6) is 0.359. The van der Waals surface area contributed by atoms with E-state index in [1.54, 1.807) is 0 Å². The first kappa shape index (κ1) is 13.2. The van der Waals surface area contributed by atoms with Crippen LogP contribution in [-0.4, -0.2) is 0 Å². The molecule has 94 valence electrons. The predicted molar refractivity (Wildman–Crippen MR) is 79.2 cm³/mol. The predicted octanol–water partition coefficient (Wildman–Crippen LogP) is 5.52. The van der Waals surface area contributed by atoms with E-state index >= 15 is 0 Å². The lowest BCUT2D eigenvalue weighted by atomic mass is 9.73. The van der Waals surface area contributed by atoms with Crippen molar-refractivity contribution in [2.75, 3.05) is 0 Å². The van der Waals surface area contributed by atoms with Crippen LogP contribution in [0.1, 0.15) is 37.8 Å². The lowest BCUT2D eigenvalue weighted by Gasteiger charge is -2.32. The summed E-state index contributed by atoms with van der Waals surface area (Å²) in [4.78, 5) is 0. The van der Waals surface area contributed by atoms with Crippen molar-refractivity contribution in [2.45, 2.75) is 26.7 Å². The van der Waals surface area contributed by atoms with E-state index in [0.717, 1.165) is 5.02 Å². The van der Waals surface area contributed by atoms with Gasteiger partial charge in [0.2, 0.25) is 0 Å². The van der Waals surface area contributed by atoms with E-state index in [-0.39, 0.29) is 5.41 Å². The van der Waals surface area contributed by atoms with Crippen LogP contribution in [0.2, 0.25) is 5.02 Å². The maximum absolute atomic E-state index is 6.13. The molecule has 0 aliphatic rings. The average Bonchev–Trinajstić information content (AvgIpc) is 2.28. The van der Waals surface area contributed by atoms with E-state index in [4.69, 9.17) is 11.6 Å². The summed E-state index contributed by atoms with van der Waals surface area (Å²) in [7, 11) is 0. The van der Waals surface area contributed by atoms with Gasteiger partial charge in [0.15, 0.2) is 0 Å². The zero-order valence-corrected chi connectivity index (χ0v) is 11.9. The van der Waals surface area contributed by atoms with Gasteiger partial charge < -0.3 is 0 Å². The largest absolute Gasteiger partial charge is 0.0843 e. The van der Waals surface area contributed by atoms with Crippen molar-refractivity contribution in [3.05, 3.63) is 70.7 Å². The summed E-state index contributed by atoms with van der Waals surface area (Å²) in [5, 5.41) is 0.803. The molecular formula is C17H19Cl. The van der Waals surface area contributed by atoms with Crippen molar-refractivity contribution in [1.82, 2.24) is 0 Å². The van der Waals surface area contributed by atoms with E-state index in [1.807, 2.05) is 12.1 Å². The quantitative estimate of drug-likeness (QED) is 0.666. The highest BCUT2D eigenvalue weighted by atomic mass is 35.5. The summed E-state index contributed by atoms with van der Waals surface area (Å²) >= 11 is 6.13. The van der Waals surface area contributed by atoms with Crippen molar-refractivity contribution in [3.8, 4) is 0 Å². The Kier molecular flexibility index (Phi) is 3.77. The molecule has 0 nitrogen and oxygen atoms in total. The van der Waals surface area contributed by atoms with Crippen LogP contribution in [0.3, 0.4) is 0 Å². The first-order valence-corrected chi connectivity index (χ1v) is 6.67. The van der Waals surface area contributed by atoms with Crippen LogP contribution in [0.4, 0.5) is 0 Å². The molecule has 1 unspecified atom stereocenters. The number of hydrogen-bond donors (Lipinski definition) is 0. The first-order valence-electron chi connectivity index (χ1n) is 6.29. The first-order chi connectivity index (χ1) is 8.48. The normalized spacial score (nSPS) is 13.3. The van der Waals surface area contributed by atoms with E-state index in [1.165, 1.54) is 11.1 Å². The Balaban J connectivity index is 2.51. The van der Waals surface area contributed by atoms with Gasteiger partial charge in [0, 0.05) is 10.9 Å². The van der Waals surface area contributed by atoms with Crippen LogP contribution in [0.5, 0.6) is 0 Å². The Bertz CT molecular complexity index is 509. The highest BCUT2D eigenvalue weighted by Gasteiger charge is 2.27. The fourth-order valence-electron chi connectivity index (χ4n) is 2.52. The molecule has 0 heterocycles. The van der Waals surface area contributed by atoms with E-state index in [0.29, 0.717) is 5.92 Å². The molecule has 1 heteroatoms. The van der Waals surface area contributed by atoms with Gasteiger partial charge in [-0.2, -0.15) is 0 Å². The van der Waals surface area contributed by atoms with Crippen molar-refractivity contribution in [1.29, 1.82) is 0 Å². The number of hydrogen-bond acceptors (Lipinski definition) is 0. The summed E-state index contributed by atoms with van der Waals surface area (Å²) < 4.78 is 0. The zero-order chi connectivity index (χ0) is 13.2. The minimum atomic E-state index is 0.159. The second-order valence-electron chi connectivity index (χ2n) is 5.76. The number of halogens is 1. The molecule has 0 amide bonds. The average molecular weight is 259 g/mol. The smallest absolute Gasteiger partial charge is 0.0408 e. The molecule has 0 aliphatic heterocycles. The molecule has 0 saturated carbocycles. The van der Waals surface area contributed by atoms with E-state index < -0.39 is 0 Å². The molecule has 0 radical (unpaired) electrons. The van der Waals surface area contributed by atoms with Gasteiger partial charge in [0.25, 0.3) is 0 Å². The molecule has 2 aromatic rings. The molecule has 2 rings (SSSR count). The Morgan fingerprint density at radius 2 is 1.44 bits per heavy atom. The third-order valence-electron chi connectivity index (χ3n) is 3.18. The van der Waals surface area contributed by atoms with Crippen LogP contribution in [-0.2, 0) is 0 Å². The molecule has 0 aromatic heterocycles. The van der Waals surface area contributed by atoms with Gasteiger partial charge in [-0.25, -0.2) is 0 Å². The van der Waals surface area contributed by atoms with Gasteiger partial charge >= 0.3 is 0 Å². The molecule has 2 aromatic carbocycles. The third-order valence-corrected chi connectivity index (χ3v) is 3.42. The van der Waals surface area contributed by atoms with E-state index in [2.05, 4.69) is 63.2 Å². The van der Waals surface area contributed by atoms with Crippen molar-refractivity contribution in [2.24, 2.45) is 5.41 Å². The fourth-order valence-corrected chi connectivity index (χ4v) is 2.72. The van der Waals surface area contributed by atoms with Crippen molar-refractivity contribution < 1.29 is 0 Å². The summed E-state index contributed by atoms with van der Waals surface area (Å²) in [6, 6.07) is 18.8. The summed E-state index contributed by atoms with van der Waals surface area (Å²) in [6.45, 7) is 6.81. The van der Waals surface area contributed by atoms with Gasteiger partial charge in [0.1, 0.15) is 0 Å². The summed E-state index contributed by atoms with van der Waals surface area (Å²) in [5.41, 5.74) is 2.78. The topological polar surface area (TPSA) is 0 Å². The van der Waals surface area contributed by atoms with Gasteiger partial charge in [-0.1, -0.05) is 74.8 Å². The maximum Gasteiger partial charge on any atom is 0.0408 e. The zero-order valence-electron chi connectivity index (χ0n) is 11.2. The molecule has 1 atom stereocenters. The van der Waals surface area contributed by atoms with Crippen LogP contribution in [0, 0.1) is 5.41 Å². The Hall–Kier alpha value is -1.27. The number of benzene rings is 2. The standard InChI is InChI=1S/C17H19Cl/c1-17(2,3)16(13-8-5-4-6-9-13)14-10-7-11-15(18)12-14/h4-12,16H,1-3H3. The van der Waals surface area contributed by atoms with E-state index in [9.17, 15) is 0 Å². The monoisotopic (exact) mass is 258 g/mol. The molecule has 0 N–H and O–H groups in total. The molecular weight excluding hydrogens is 240 g/mol. The Morgan fingerprint density at radius 1 is 0.833 bits per heavy atom. The van der Waals surface area contributed by atoms with Crippen molar-refractivity contribution >= 4 is 11.6 Å². The molecule has 0 fully saturated rings. The third kappa shape index (κ3) is 2.94. The molecule has 0 aliphatic carbocycles. The second-order valence-corrected chi connectivity index (χ2v) is 6.20. The molecule has 0 saturated heterocycles. The Labute approximate surface area is 115 Å².